The van der Waals surface area contributed by atoms with Crippen LogP contribution in [0, 0.1) is 0 Å². The summed E-state index contributed by atoms with van der Waals surface area (Å²) in [5, 5.41) is 11.9. The van der Waals surface area contributed by atoms with Gasteiger partial charge in [0, 0.05) is 6.54 Å². The molecule has 0 radical (unpaired) electrons. The highest BCUT2D eigenvalue weighted by molar-refractivity contribution is 5.67. The standard InChI is InChI=1S/C14H20N2O5/c1-14(2,3)21-13(17)15-7-10(16-18)9-4-5-11-12(6-9)20-8-19-11/h4-6,10,16,18H,7-8H2,1-3H3,(H,15,17)/t10-/m1/s1. The third kappa shape index (κ3) is 4.24. The van der Waals surface area contributed by atoms with Crippen molar-refractivity contribution in [2.45, 2.75) is 32.4 Å². The van der Waals surface area contributed by atoms with E-state index < -0.39 is 17.7 Å². The van der Waals surface area contributed by atoms with Gasteiger partial charge in [0.2, 0.25) is 6.79 Å². The molecule has 0 aliphatic carbocycles. The summed E-state index contributed by atoms with van der Waals surface area (Å²) in [5.74, 6) is 1.28. The normalized spacial score (nSPS) is 14.7. The average molecular weight is 296 g/mol. The van der Waals surface area contributed by atoms with Crippen LogP contribution in [0.2, 0.25) is 0 Å². The molecule has 0 fully saturated rings. The average Bonchev–Trinajstić information content (AvgIpc) is 2.84. The van der Waals surface area contributed by atoms with E-state index in [1.165, 1.54) is 0 Å². The molecule has 1 amide bonds. The Hall–Kier alpha value is -1.99. The highest BCUT2D eigenvalue weighted by atomic mass is 16.7. The molecule has 7 heteroatoms. The fourth-order valence-electron chi connectivity index (χ4n) is 1.87. The molecule has 1 aromatic carbocycles. The highest BCUT2D eigenvalue weighted by Crippen LogP contribution is 2.34. The van der Waals surface area contributed by atoms with Crippen LogP contribution < -0.4 is 20.3 Å². The summed E-state index contributed by atoms with van der Waals surface area (Å²) in [6, 6.07) is 4.83. The molecule has 1 aromatic rings. The lowest BCUT2D eigenvalue weighted by Crippen LogP contribution is -2.37. The topological polar surface area (TPSA) is 89.1 Å². The quantitative estimate of drug-likeness (QED) is 0.736. The number of alkyl carbamates (subject to hydrolysis) is 1. The molecule has 0 bridgehead atoms. The summed E-state index contributed by atoms with van der Waals surface area (Å²) in [5.41, 5.74) is 2.36. The monoisotopic (exact) mass is 296 g/mol. The molecule has 0 spiro atoms. The second-order valence-corrected chi connectivity index (χ2v) is 5.68. The van der Waals surface area contributed by atoms with Gasteiger partial charge in [-0.2, -0.15) is 5.48 Å². The molecule has 0 unspecified atom stereocenters. The van der Waals surface area contributed by atoms with E-state index in [2.05, 4.69) is 10.8 Å². The molecule has 3 N–H and O–H groups in total. The number of hydroxylamine groups is 1. The maximum Gasteiger partial charge on any atom is 0.407 e. The zero-order valence-electron chi connectivity index (χ0n) is 12.3. The van der Waals surface area contributed by atoms with Gasteiger partial charge in [-0.05, 0) is 38.5 Å². The van der Waals surface area contributed by atoms with E-state index in [4.69, 9.17) is 14.2 Å². The van der Waals surface area contributed by atoms with Gasteiger partial charge < -0.3 is 24.7 Å². The van der Waals surface area contributed by atoms with Crippen molar-refractivity contribution in [2.24, 2.45) is 0 Å². The Kier molecular flexibility index (Phi) is 4.54. The van der Waals surface area contributed by atoms with Gasteiger partial charge in [0.15, 0.2) is 11.5 Å². The van der Waals surface area contributed by atoms with Gasteiger partial charge in [0.25, 0.3) is 0 Å². The van der Waals surface area contributed by atoms with Crippen molar-refractivity contribution in [1.29, 1.82) is 0 Å². The van der Waals surface area contributed by atoms with E-state index in [-0.39, 0.29) is 13.3 Å². The lowest BCUT2D eigenvalue weighted by Gasteiger charge is -2.21. The lowest BCUT2D eigenvalue weighted by atomic mass is 10.1. The summed E-state index contributed by atoms with van der Waals surface area (Å²) >= 11 is 0. The fraction of sp³-hybridized carbons (Fsp3) is 0.500. The van der Waals surface area contributed by atoms with Gasteiger partial charge in [0.1, 0.15) is 5.60 Å². The zero-order chi connectivity index (χ0) is 15.5. The van der Waals surface area contributed by atoms with Crippen molar-refractivity contribution in [3.63, 3.8) is 0 Å². The third-order valence-electron chi connectivity index (χ3n) is 2.80. The molecular formula is C14H20N2O5. The Morgan fingerprint density at radius 1 is 1.38 bits per heavy atom. The lowest BCUT2D eigenvalue weighted by molar-refractivity contribution is 0.0502. The maximum atomic E-state index is 11.6. The number of nitrogens with one attached hydrogen (secondary N) is 2. The summed E-state index contributed by atoms with van der Waals surface area (Å²) in [6.07, 6.45) is -0.538. The smallest absolute Gasteiger partial charge is 0.407 e. The van der Waals surface area contributed by atoms with Crippen LogP contribution in [0.25, 0.3) is 0 Å². The first-order valence-corrected chi connectivity index (χ1v) is 6.65. The van der Waals surface area contributed by atoms with Gasteiger partial charge in [-0.3, -0.25) is 0 Å². The third-order valence-corrected chi connectivity index (χ3v) is 2.80. The second kappa shape index (κ2) is 6.19. The number of carbonyl (C=O) groups excluding carboxylic acids is 1. The number of hydrogen-bond donors (Lipinski definition) is 3. The Balaban J connectivity index is 1.95. The van der Waals surface area contributed by atoms with Crippen LogP contribution in [0.15, 0.2) is 18.2 Å². The van der Waals surface area contributed by atoms with Gasteiger partial charge in [0.05, 0.1) is 6.04 Å². The minimum Gasteiger partial charge on any atom is -0.454 e. The second-order valence-electron chi connectivity index (χ2n) is 5.68. The van der Waals surface area contributed by atoms with Gasteiger partial charge >= 0.3 is 6.09 Å². The molecular weight excluding hydrogens is 276 g/mol. The van der Waals surface area contributed by atoms with Crippen LogP contribution in [0.3, 0.4) is 0 Å². The van der Waals surface area contributed by atoms with Crippen molar-refractivity contribution in [1.82, 2.24) is 10.8 Å². The van der Waals surface area contributed by atoms with Crippen molar-refractivity contribution >= 4 is 6.09 Å². The van der Waals surface area contributed by atoms with Crippen LogP contribution in [-0.4, -0.2) is 30.2 Å². The number of rotatable bonds is 4. The van der Waals surface area contributed by atoms with Crippen molar-refractivity contribution in [3.8, 4) is 11.5 Å². The summed E-state index contributed by atoms with van der Waals surface area (Å²) < 4.78 is 15.6. The van der Waals surface area contributed by atoms with Crippen molar-refractivity contribution in [2.75, 3.05) is 13.3 Å². The Labute approximate surface area is 123 Å². The van der Waals surface area contributed by atoms with Crippen LogP contribution >= 0.6 is 0 Å². The number of carbonyl (C=O) groups is 1. The molecule has 2 rings (SSSR count). The molecule has 1 aliphatic heterocycles. The van der Waals surface area contributed by atoms with Crippen molar-refractivity contribution < 1.29 is 24.2 Å². The molecule has 0 aromatic heterocycles. The van der Waals surface area contributed by atoms with Crippen LogP contribution in [0.4, 0.5) is 4.79 Å². The van der Waals surface area contributed by atoms with Gasteiger partial charge in [-0.1, -0.05) is 6.07 Å². The van der Waals surface area contributed by atoms with E-state index >= 15 is 0 Å². The first-order valence-electron chi connectivity index (χ1n) is 6.65. The van der Waals surface area contributed by atoms with E-state index in [0.29, 0.717) is 11.5 Å². The molecule has 21 heavy (non-hydrogen) atoms. The van der Waals surface area contributed by atoms with Crippen molar-refractivity contribution in [3.05, 3.63) is 23.8 Å². The number of ether oxygens (including phenoxy) is 3. The van der Waals surface area contributed by atoms with Crippen LogP contribution in [0.5, 0.6) is 11.5 Å². The Morgan fingerprint density at radius 3 is 2.76 bits per heavy atom. The predicted molar refractivity (Wildman–Crippen MR) is 74.5 cm³/mol. The van der Waals surface area contributed by atoms with Crippen LogP contribution in [-0.2, 0) is 4.74 Å². The maximum absolute atomic E-state index is 11.6. The molecule has 1 aliphatic rings. The largest absolute Gasteiger partial charge is 0.454 e. The van der Waals surface area contributed by atoms with E-state index in [1.807, 2.05) is 0 Å². The summed E-state index contributed by atoms with van der Waals surface area (Å²) in [4.78, 5) is 11.6. The van der Waals surface area contributed by atoms with Gasteiger partial charge in [-0.15, -0.1) is 0 Å². The Bertz CT molecular complexity index is 513. The number of amides is 1. The molecule has 7 nitrogen and oxygen atoms in total. The van der Waals surface area contributed by atoms with E-state index in [9.17, 15) is 10.0 Å². The molecule has 1 heterocycles. The van der Waals surface area contributed by atoms with E-state index in [0.717, 1.165) is 5.56 Å². The number of benzene rings is 1. The minimum absolute atomic E-state index is 0.172. The molecule has 0 saturated heterocycles. The first-order chi connectivity index (χ1) is 9.89. The SMILES string of the molecule is CC(C)(C)OC(=O)NC[C@@H](NO)c1ccc2c(c1)OCO2. The number of hydrogen-bond acceptors (Lipinski definition) is 6. The zero-order valence-corrected chi connectivity index (χ0v) is 12.3. The highest BCUT2D eigenvalue weighted by Gasteiger charge is 2.20. The van der Waals surface area contributed by atoms with E-state index in [1.54, 1.807) is 39.0 Å². The summed E-state index contributed by atoms with van der Waals surface area (Å²) in [7, 11) is 0. The predicted octanol–water partition coefficient (Wildman–Crippen LogP) is 1.96. The Morgan fingerprint density at radius 2 is 2.10 bits per heavy atom. The fourth-order valence-corrected chi connectivity index (χ4v) is 1.87. The minimum atomic E-state index is -0.565. The molecule has 116 valence electrons. The van der Waals surface area contributed by atoms with Crippen LogP contribution in [0.1, 0.15) is 32.4 Å². The molecule has 0 saturated carbocycles. The first kappa shape index (κ1) is 15.4. The molecule has 1 atom stereocenters. The number of fused-ring (bicyclic) bond motifs is 1. The summed E-state index contributed by atoms with van der Waals surface area (Å²) in [6.45, 7) is 5.71. The van der Waals surface area contributed by atoms with Gasteiger partial charge in [-0.25, -0.2) is 4.79 Å².